The summed E-state index contributed by atoms with van der Waals surface area (Å²) in [7, 11) is 1.64. The molecule has 2 aromatic carbocycles. The minimum atomic E-state index is -0.0530. The monoisotopic (exact) mass is 407 g/mol. The molecule has 1 aliphatic heterocycles. The second-order valence-corrected chi connectivity index (χ2v) is 7.91. The molecule has 0 bridgehead atoms. The van der Waals surface area contributed by atoms with Crippen molar-refractivity contribution in [2.24, 2.45) is 0 Å². The van der Waals surface area contributed by atoms with Gasteiger partial charge in [-0.3, -0.25) is 19.7 Å². The maximum atomic E-state index is 12.8. The number of thiocarbonyl (C=S) groups is 1. The minimum Gasteiger partial charge on any atom is -0.497 e. The molecule has 0 spiro atoms. The number of thioether (sulfide) groups is 1. The lowest BCUT2D eigenvalue weighted by atomic mass is 10.1. The zero-order chi connectivity index (χ0) is 19.5. The van der Waals surface area contributed by atoms with Gasteiger partial charge in [-0.05, 0) is 47.9 Å². The van der Waals surface area contributed by atoms with Crippen molar-refractivity contribution in [1.29, 1.82) is 0 Å². The zero-order valence-corrected chi connectivity index (χ0v) is 16.8. The van der Waals surface area contributed by atoms with E-state index in [1.165, 1.54) is 11.8 Å². The van der Waals surface area contributed by atoms with Gasteiger partial charge in [0.05, 0.1) is 23.0 Å². The number of ether oxygens (including phenoxy) is 1. The highest BCUT2D eigenvalue weighted by Gasteiger charge is 2.31. The lowest BCUT2D eigenvalue weighted by Crippen LogP contribution is -2.30. The highest BCUT2D eigenvalue weighted by Crippen LogP contribution is 2.33. The SMILES string of the molecule is COc1ccc(CCN2C(=O)C(=Cc3ccc4nccnc4c3)SC2=S)cc1. The number of rotatable bonds is 5. The van der Waals surface area contributed by atoms with Gasteiger partial charge in [-0.15, -0.1) is 0 Å². The summed E-state index contributed by atoms with van der Waals surface area (Å²) >= 11 is 6.76. The summed E-state index contributed by atoms with van der Waals surface area (Å²) in [4.78, 5) is 23.7. The highest BCUT2D eigenvalue weighted by atomic mass is 32.2. The predicted molar refractivity (Wildman–Crippen MR) is 116 cm³/mol. The van der Waals surface area contributed by atoms with Crippen molar-refractivity contribution in [2.45, 2.75) is 6.42 Å². The van der Waals surface area contributed by atoms with Gasteiger partial charge in [-0.1, -0.05) is 42.2 Å². The van der Waals surface area contributed by atoms with Crippen LogP contribution in [0.5, 0.6) is 5.75 Å². The van der Waals surface area contributed by atoms with Gasteiger partial charge in [0, 0.05) is 18.9 Å². The number of benzene rings is 2. The highest BCUT2D eigenvalue weighted by molar-refractivity contribution is 8.26. The first-order chi connectivity index (χ1) is 13.6. The van der Waals surface area contributed by atoms with E-state index in [1.807, 2.05) is 48.5 Å². The van der Waals surface area contributed by atoms with Crippen molar-refractivity contribution in [3.8, 4) is 5.75 Å². The van der Waals surface area contributed by atoms with E-state index in [0.29, 0.717) is 15.8 Å². The molecule has 1 aromatic heterocycles. The van der Waals surface area contributed by atoms with Crippen molar-refractivity contribution in [1.82, 2.24) is 14.9 Å². The lowest BCUT2D eigenvalue weighted by molar-refractivity contribution is -0.122. The first kappa shape index (κ1) is 18.6. The third kappa shape index (κ3) is 3.90. The summed E-state index contributed by atoms with van der Waals surface area (Å²) in [6.45, 7) is 0.553. The molecule has 3 aromatic rings. The lowest BCUT2D eigenvalue weighted by Gasteiger charge is -2.14. The smallest absolute Gasteiger partial charge is 0.266 e. The Kier molecular flexibility index (Phi) is 5.36. The Bertz CT molecular complexity index is 1080. The minimum absolute atomic E-state index is 0.0530. The Morgan fingerprint density at radius 3 is 2.61 bits per heavy atom. The molecule has 28 heavy (non-hydrogen) atoms. The van der Waals surface area contributed by atoms with Crippen LogP contribution in [0.2, 0.25) is 0 Å². The zero-order valence-electron chi connectivity index (χ0n) is 15.2. The van der Waals surface area contributed by atoms with E-state index in [1.54, 1.807) is 24.4 Å². The van der Waals surface area contributed by atoms with E-state index in [0.717, 1.165) is 34.3 Å². The molecular weight excluding hydrogens is 390 g/mol. The molecule has 1 fully saturated rings. The van der Waals surface area contributed by atoms with Crippen LogP contribution in [0.15, 0.2) is 59.8 Å². The normalized spacial score (nSPS) is 15.6. The van der Waals surface area contributed by atoms with Gasteiger partial charge in [0.1, 0.15) is 10.1 Å². The van der Waals surface area contributed by atoms with Crippen LogP contribution in [0.4, 0.5) is 0 Å². The number of methoxy groups -OCH3 is 1. The van der Waals surface area contributed by atoms with Crippen molar-refractivity contribution >= 4 is 51.3 Å². The molecule has 2 heterocycles. The molecule has 0 radical (unpaired) electrons. The van der Waals surface area contributed by atoms with Gasteiger partial charge in [0.15, 0.2) is 0 Å². The average Bonchev–Trinajstić information content (AvgIpc) is 2.99. The van der Waals surface area contributed by atoms with Crippen molar-refractivity contribution < 1.29 is 9.53 Å². The number of hydrogen-bond acceptors (Lipinski definition) is 6. The van der Waals surface area contributed by atoms with E-state index < -0.39 is 0 Å². The molecule has 5 nitrogen and oxygen atoms in total. The van der Waals surface area contributed by atoms with E-state index in [2.05, 4.69) is 9.97 Å². The number of fused-ring (bicyclic) bond motifs is 1. The standard InChI is InChI=1S/C21H17N3O2S2/c1-26-16-5-2-14(3-6-16)8-11-24-20(25)19(28-21(24)27)13-15-4-7-17-18(12-15)23-10-9-22-17/h2-7,9-10,12-13H,8,11H2,1H3. The molecule has 0 N–H and O–H groups in total. The van der Waals surface area contributed by atoms with Crippen LogP contribution in [-0.4, -0.2) is 38.8 Å². The van der Waals surface area contributed by atoms with Gasteiger partial charge in [0.25, 0.3) is 5.91 Å². The van der Waals surface area contributed by atoms with E-state index >= 15 is 0 Å². The van der Waals surface area contributed by atoms with Gasteiger partial charge in [-0.2, -0.15) is 0 Å². The Hall–Kier alpha value is -2.77. The van der Waals surface area contributed by atoms with Gasteiger partial charge < -0.3 is 4.74 Å². The number of carbonyl (C=O) groups excluding carboxylic acids is 1. The third-order valence-corrected chi connectivity index (χ3v) is 5.83. The molecule has 1 saturated heterocycles. The quantitative estimate of drug-likeness (QED) is 0.469. The number of amides is 1. The summed E-state index contributed by atoms with van der Waals surface area (Å²) < 4.78 is 5.76. The molecule has 1 aliphatic rings. The first-order valence-electron chi connectivity index (χ1n) is 8.73. The summed E-state index contributed by atoms with van der Waals surface area (Å²) in [6, 6.07) is 13.6. The van der Waals surface area contributed by atoms with Crippen molar-refractivity contribution in [2.75, 3.05) is 13.7 Å². The molecule has 140 valence electrons. The largest absolute Gasteiger partial charge is 0.497 e. The molecule has 4 rings (SSSR count). The Labute approximate surface area is 172 Å². The molecular formula is C21H17N3O2S2. The summed E-state index contributed by atoms with van der Waals surface area (Å²) in [6.07, 6.45) is 5.91. The van der Waals surface area contributed by atoms with Crippen molar-refractivity contribution in [3.05, 3.63) is 70.9 Å². The molecule has 0 atom stereocenters. The van der Waals surface area contributed by atoms with E-state index in [4.69, 9.17) is 17.0 Å². The van der Waals surface area contributed by atoms with Gasteiger partial charge in [-0.25, -0.2) is 0 Å². The molecule has 0 saturated carbocycles. The molecule has 0 aliphatic carbocycles. The summed E-state index contributed by atoms with van der Waals surface area (Å²) in [5, 5.41) is 0. The van der Waals surface area contributed by atoms with E-state index in [-0.39, 0.29) is 5.91 Å². The molecule has 7 heteroatoms. The van der Waals surface area contributed by atoms with Crippen LogP contribution in [0.3, 0.4) is 0 Å². The third-order valence-electron chi connectivity index (χ3n) is 4.45. The number of carbonyl (C=O) groups is 1. The fraction of sp³-hybridized carbons (Fsp3) is 0.143. The van der Waals surface area contributed by atoms with Crippen LogP contribution in [-0.2, 0) is 11.2 Å². The number of aromatic nitrogens is 2. The molecule has 0 unspecified atom stereocenters. The van der Waals surface area contributed by atoms with Crippen LogP contribution in [0.1, 0.15) is 11.1 Å². The Morgan fingerprint density at radius 2 is 1.86 bits per heavy atom. The van der Waals surface area contributed by atoms with Gasteiger partial charge >= 0.3 is 0 Å². The maximum absolute atomic E-state index is 12.8. The average molecular weight is 408 g/mol. The number of nitrogens with zero attached hydrogens (tertiary/aromatic N) is 3. The molecule has 1 amide bonds. The predicted octanol–water partition coefficient (Wildman–Crippen LogP) is 4.08. The fourth-order valence-electron chi connectivity index (χ4n) is 2.95. The first-order valence-corrected chi connectivity index (χ1v) is 9.95. The van der Waals surface area contributed by atoms with Crippen LogP contribution in [0, 0.1) is 0 Å². The number of hydrogen-bond donors (Lipinski definition) is 0. The summed E-state index contributed by atoms with van der Waals surface area (Å²) in [5.41, 5.74) is 3.66. The van der Waals surface area contributed by atoms with Crippen molar-refractivity contribution in [3.63, 3.8) is 0 Å². The Balaban J connectivity index is 1.48. The topological polar surface area (TPSA) is 55.3 Å². The maximum Gasteiger partial charge on any atom is 0.266 e. The van der Waals surface area contributed by atoms with Crippen LogP contribution < -0.4 is 4.74 Å². The second kappa shape index (κ2) is 8.08. The summed E-state index contributed by atoms with van der Waals surface area (Å²) in [5.74, 6) is 0.764. The Morgan fingerprint density at radius 1 is 1.11 bits per heavy atom. The van der Waals surface area contributed by atoms with Crippen LogP contribution >= 0.6 is 24.0 Å². The second-order valence-electron chi connectivity index (χ2n) is 6.24. The fourth-order valence-corrected chi connectivity index (χ4v) is 4.26. The van der Waals surface area contributed by atoms with E-state index in [9.17, 15) is 4.79 Å². The van der Waals surface area contributed by atoms with Gasteiger partial charge in [0.2, 0.25) is 0 Å². The van der Waals surface area contributed by atoms with Crippen LogP contribution in [0.25, 0.3) is 17.1 Å².